The van der Waals surface area contributed by atoms with Crippen molar-refractivity contribution >= 4 is 17.4 Å². The molecular weight excluding hydrogens is 220 g/mol. The third-order valence-electron chi connectivity index (χ3n) is 2.47. The van der Waals surface area contributed by atoms with E-state index in [0.717, 1.165) is 33.4 Å². The first-order valence-corrected chi connectivity index (χ1v) is 6.06. The Bertz CT molecular complexity index is 474. The first-order valence-electron chi connectivity index (χ1n) is 5.07. The predicted octanol–water partition coefficient (Wildman–Crippen LogP) is 3.17. The standard InChI is InChI=1S/C12H14N2OS/c1-8-10(9(2)15-14-8)7-16-12-6-4-3-5-11(12)13/h3-6H,7,13H2,1-2H3. The summed E-state index contributed by atoms with van der Waals surface area (Å²) < 4.78 is 5.12. The summed E-state index contributed by atoms with van der Waals surface area (Å²) in [5.74, 6) is 1.73. The fourth-order valence-corrected chi connectivity index (χ4v) is 2.59. The van der Waals surface area contributed by atoms with Crippen molar-refractivity contribution in [3.63, 3.8) is 0 Å². The lowest BCUT2D eigenvalue weighted by molar-refractivity contribution is 0.392. The molecule has 0 aliphatic carbocycles. The van der Waals surface area contributed by atoms with E-state index in [9.17, 15) is 0 Å². The van der Waals surface area contributed by atoms with E-state index >= 15 is 0 Å². The van der Waals surface area contributed by atoms with Crippen molar-refractivity contribution < 1.29 is 4.52 Å². The lowest BCUT2D eigenvalue weighted by Gasteiger charge is -2.04. The van der Waals surface area contributed by atoms with Gasteiger partial charge in [-0.2, -0.15) is 0 Å². The molecule has 0 radical (unpaired) electrons. The normalized spacial score (nSPS) is 10.6. The second-order valence-corrected chi connectivity index (χ2v) is 4.65. The Hall–Kier alpha value is -1.42. The number of nitrogens with two attached hydrogens (primary N) is 1. The Morgan fingerprint density at radius 3 is 2.69 bits per heavy atom. The molecule has 0 amide bonds. The first-order chi connectivity index (χ1) is 7.68. The Kier molecular flexibility index (Phi) is 3.19. The third-order valence-corrected chi connectivity index (χ3v) is 3.59. The number of hydrogen-bond donors (Lipinski definition) is 1. The van der Waals surface area contributed by atoms with Crippen molar-refractivity contribution in [1.29, 1.82) is 0 Å². The highest BCUT2D eigenvalue weighted by atomic mass is 32.2. The number of anilines is 1. The Morgan fingerprint density at radius 1 is 1.31 bits per heavy atom. The summed E-state index contributed by atoms with van der Waals surface area (Å²) in [6.07, 6.45) is 0. The van der Waals surface area contributed by atoms with Gasteiger partial charge < -0.3 is 10.3 Å². The summed E-state index contributed by atoms with van der Waals surface area (Å²) in [6.45, 7) is 3.89. The number of aromatic nitrogens is 1. The zero-order chi connectivity index (χ0) is 11.5. The van der Waals surface area contributed by atoms with Crippen LogP contribution in [-0.2, 0) is 5.75 Å². The Balaban J connectivity index is 2.11. The second-order valence-electron chi connectivity index (χ2n) is 3.63. The van der Waals surface area contributed by atoms with Crippen LogP contribution in [0.2, 0.25) is 0 Å². The maximum absolute atomic E-state index is 5.88. The number of para-hydroxylation sites is 1. The van der Waals surface area contributed by atoms with Crippen LogP contribution >= 0.6 is 11.8 Å². The minimum Gasteiger partial charge on any atom is -0.398 e. The van der Waals surface area contributed by atoms with E-state index < -0.39 is 0 Å². The molecule has 0 saturated heterocycles. The molecule has 0 fully saturated rings. The molecular formula is C12H14N2OS. The quantitative estimate of drug-likeness (QED) is 0.654. The van der Waals surface area contributed by atoms with Crippen molar-refractivity contribution in [2.45, 2.75) is 24.5 Å². The lowest BCUT2D eigenvalue weighted by atomic mass is 10.2. The number of nitrogen functional groups attached to an aromatic ring is 1. The van der Waals surface area contributed by atoms with Crippen molar-refractivity contribution in [1.82, 2.24) is 5.16 Å². The van der Waals surface area contributed by atoms with Gasteiger partial charge in [0.15, 0.2) is 0 Å². The Labute approximate surface area is 99.0 Å². The molecule has 0 aliphatic heterocycles. The highest BCUT2D eigenvalue weighted by Crippen LogP contribution is 2.29. The van der Waals surface area contributed by atoms with Gasteiger partial charge in [0.05, 0.1) is 5.69 Å². The molecule has 84 valence electrons. The largest absolute Gasteiger partial charge is 0.398 e. The molecule has 0 bridgehead atoms. The van der Waals surface area contributed by atoms with Crippen LogP contribution in [0.25, 0.3) is 0 Å². The zero-order valence-corrected chi connectivity index (χ0v) is 10.2. The lowest BCUT2D eigenvalue weighted by Crippen LogP contribution is -1.89. The van der Waals surface area contributed by atoms with Crippen LogP contribution in [0.15, 0.2) is 33.7 Å². The molecule has 0 unspecified atom stereocenters. The van der Waals surface area contributed by atoms with Gasteiger partial charge in [0.1, 0.15) is 5.76 Å². The van der Waals surface area contributed by atoms with E-state index in [2.05, 4.69) is 5.16 Å². The molecule has 3 nitrogen and oxygen atoms in total. The van der Waals surface area contributed by atoms with Gasteiger partial charge in [-0.1, -0.05) is 17.3 Å². The number of aryl methyl sites for hydroxylation is 2. The molecule has 2 N–H and O–H groups in total. The number of rotatable bonds is 3. The predicted molar refractivity (Wildman–Crippen MR) is 66.4 cm³/mol. The molecule has 0 aliphatic rings. The molecule has 4 heteroatoms. The average Bonchev–Trinajstić information content (AvgIpc) is 2.58. The van der Waals surface area contributed by atoms with Gasteiger partial charge in [0.2, 0.25) is 0 Å². The molecule has 1 heterocycles. The topological polar surface area (TPSA) is 52.0 Å². The SMILES string of the molecule is Cc1noc(C)c1CSc1ccccc1N. The smallest absolute Gasteiger partial charge is 0.137 e. The monoisotopic (exact) mass is 234 g/mol. The molecule has 1 aromatic carbocycles. The van der Waals surface area contributed by atoms with E-state index in [1.165, 1.54) is 0 Å². The van der Waals surface area contributed by atoms with Crippen LogP contribution in [0.3, 0.4) is 0 Å². The summed E-state index contributed by atoms with van der Waals surface area (Å²) >= 11 is 1.71. The molecule has 0 atom stereocenters. The minimum atomic E-state index is 0.819. The molecule has 1 aromatic heterocycles. The first kappa shape index (κ1) is 11.1. The van der Waals surface area contributed by atoms with Crippen LogP contribution in [0.5, 0.6) is 0 Å². The fraction of sp³-hybridized carbons (Fsp3) is 0.250. The summed E-state index contributed by atoms with van der Waals surface area (Å²) in [7, 11) is 0. The van der Waals surface area contributed by atoms with Gasteiger partial charge in [0, 0.05) is 21.9 Å². The number of benzene rings is 1. The van der Waals surface area contributed by atoms with E-state index in [1.54, 1.807) is 11.8 Å². The van der Waals surface area contributed by atoms with E-state index in [-0.39, 0.29) is 0 Å². The number of hydrogen-bond acceptors (Lipinski definition) is 4. The highest BCUT2D eigenvalue weighted by Gasteiger charge is 2.09. The van der Waals surface area contributed by atoms with Gasteiger partial charge in [-0.25, -0.2) is 0 Å². The summed E-state index contributed by atoms with van der Waals surface area (Å²) in [4.78, 5) is 1.10. The van der Waals surface area contributed by atoms with E-state index in [1.807, 2.05) is 38.1 Å². The van der Waals surface area contributed by atoms with Crippen molar-refractivity contribution in [3.8, 4) is 0 Å². The average molecular weight is 234 g/mol. The van der Waals surface area contributed by atoms with Crippen LogP contribution in [0, 0.1) is 13.8 Å². The van der Waals surface area contributed by atoms with E-state index in [4.69, 9.17) is 10.3 Å². The summed E-state index contributed by atoms with van der Waals surface area (Å²) in [5, 5.41) is 3.93. The maximum atomic E-state index is 5.88. The molecule has 2 aromatic rings. The van der Waals surface area contributed by atoms with Gasteiger partial charge in [-0.05, 0) is 26.0 Å². The van der Waals surface area contributed by atoms with Crippen molar-refractivity contribution in [2.75, 3.05) is 5.73 Å². The maximum Gasteiger partial charge on any atom is 0.137 e. The minimum absolute atomic E-state index is 0.819. The molecule has 0 saturated carbocycles. The summed E-state index contributed by atoms with van der Waals surface area (Å²) in [6, 6.07) is 7.87. The van der Waals surface area contributed by atoms with Gasteiger partial charge in [0.25, 0.3) is 0 Å². The number of nitrogens with zero attached hydrogens (tertiary/aromatic N) is 1. The van der Waals surface area contributed by atoms with Gasteiger partial charge >= 0.3 is 0 Å². The summed E-state index contributed by atoms with van der Waals surface area (Å²) in [5.41, 5.74) is 8.81. The molecule has 16 heavy (non-hydrogen) atoms. The van der Waals surface area contributed by atoms with Gasteiger partial charge in [-0.15, -0.1) is 11.8 Å². The fourth-order valence-electron chi connectivity index (χ4n) is 1.47. The Morgan fingerprint density at radius 2 is 2.06 bits per heavy atom. The highest BCUT2D eigenvalue weighted by molar-refractivity contribution is 7.98. The second kappa shape index (κ2) is 4.61. The van der Waals surface area contributed by atoms with Crippen molar-refractivity contribution in [2.24, 2.45) is 0 Å². The number of thioether (sulfide) groups is 1. The molecule has 0 spiro atoms. The zero-order valence-electron chi connectivity index (χ0n) is 9.36. The molecule has 2 rings (SSSR count). The van der Waals surface area contributed by atoms with Crippen LogP contribution in [0.4, 0.5) is 5.69 Å². The van der Waals surface area contributed by atoms with Crippen LogP contribution in [0.1, 0.15) is 17.0 Å². The van der Waals surface area contributed by atoms with Crippen LogP contribution in [-0.4, -0.2) is 5.16 Å². The van der Waals surface area contributed by atoms with E-state index in [0.29, 0.717) is 0 Å². The van der Waals surface area contributed by atoms with Gasteiger partial charge in [-0.3, -0.25) is 0 Å². The third kappa shape index (κ3) is 2.22. The van der Waals surface area contributed by atoms with Crippen LogP contribution < -0.4 is 5.73 Å². The van der Waals surface area contributed by atoms with Crippen molar-refractivity contribution in [3.05, 3.63) is 41.3 Å².